The van der Waals surface area contributed by atoms with E-state index in [9.17, 15) is 0 Å². The molecule has 0 aliphatic carbocycles. The van der Waals surface area contributed by atoms with Crippen LogP contribution in [0, 0.1) is 0 Å². The van der Waals surface area contributed by atoms with Gasteiger partial charge in [0.1, 0.15) is 0 Å². The van der Waals surface area contributed by atoms with Crippen LogP contribution in [0.4, 0.5) is 0 Å². The number of allylic oxidation sites excluding steroid dienone is 2. The summed E-state index contributed by atoms with van der Waals surface area (Å²) in [5.41, 5.74) is 3.09. The lowest BCUT2D eigenvalue weighted by molar-refractivity contribution is 0.662. The van der Waals surface area contributed by atoms with Crippen molar-refractivity contribution in [3.8, 4) is 0 Å². The van der Waals surface area contributed by atoms with Crippen LogP contribution in [-0.4, -0.2) is 0 Å². The molecule has 11 heavy (non-hydrogen) atoms. The molecule has 0 aliphatic rings. The average Bonchev–Trinajstić information content (AvgIpc) is 1.97. The summed E-state index contributed by atoms with van der Waals surface area (Å²) in [5.74, 6) is 0. The van der Waals surface area contributed by atoms with E-state index >= 15 is 0 Å². The molecule has 0 radical (unpaired) electrons. The molecule has 0 N–H and O–H groups in total. The van der Waals surface area contributed by atoms with Crippen LogP contribution in [0.2, 0.25) is 0 Å². The fourth-order valence-corrected chi connectivity index (χ4v) is 1.07. The lowest BCUT2D eigenvalue weighted by Crippen LogP contribution is -1.82. The van der Waals surface area contributed by atoms with Crippen molar-refractivity contribution in [2.24, 2.45) is 0 Å². The highest BCUT2D eigenvalue weighted by Gasteiger charge is 1.92. The quantitative estimate of drug-likeness (QED) is 0.409. The molecule has 0 atom stereocenters. The first-order valence-electron chi connectivity index (χ1n) is 4.81. The van der Waals surface area contributed by atoms with Gasteiger partial charge in [0.15, 0.2) is 0 Å². The predicted octanol–water partition coefficient (Wildman–Crippen LogP) is 4.31. The minimum Gasteiger partial charge on any atom is -0.0775 e. The summed E-state index contributed by atoms with van der Waals surface area (Å²) in [7, 11) is 0. The Balaban J connectivity index is 3.32. The molecule has 0 aromatic rings. The van der Waals surface area contributed by atoms with Crippen molar-refractivity contribution in [2.45, 2.75) is 59.8 Å². The minimum atomic E-state index is 1.31. The molecule has 0 rings (SSSR count). The fraction of sp³-hybridized carbons (Fsp3) is 0.818. The van der Waals surface area contributed by atoms with Crippen molar-refractivity contribution in [2.75, 3.05) is 0 Å². The van der Waals surface area contributed by atoms with E-state index in [0.717, 1.165) is 0 Å². The van der Waals surface area contributed by atoms with Crippen LogP contribution in [0.5, 0.6) is 0 Å². The maximum absolute atomic E-state index is 2.26. The third-order valence-corrected chi connectivity index (χ3v) is 2.26. The van der Waals surface area contributed by atoms with Gasteiger partial charge >= 0.3 is 0 Å². The third kappa shape index (κ3) is 6.15. The number of hydrogen-bond acceptors (Lipinski definition) is 0. The van der Waals surface area contributed by atoms with Gasteiger partial charge in [0.2, 0.25) is 0 Å². The van der Waals surface area contributed by atoms with E-state index in [-0.39, 0.29) is 0 Å². The van der Waals surface area contributed by atoms with Crippen LogP contribution < -0.4 is 0 Å². The zero-order chi connectivity index (χ0) is 8.69. The highest BCUT2D eigenvalue weighted by Crippen LogP contribution is 2.12. The van der Waals surface area contributed by atoms with Crippen molar-refractivity contribution >= 4 is 0 Å². The SMILES string of the molecule is CCCCCCC(C)=C(C)C. The van der Waals surface area contributed by atoms with Gasteiger partial charge in [-0.15, -0.1) is 0 Å². The predicted molar refractivity (Wildman–Crippen MR) is 52.8 cm³/mol. The zero-order valence-electron chi connectivity index (χ0n) is 8.54. The molecular weight excluding hydrogens is 132 g/mol. The van der Waals surface area contributed by atoms with Gasteiger partial charge in [0.05, 0.1) is 0 Å². The number of rotatable bonds is 5. The molecule has 0 heterocycles. The molecule has 0 saturated heterocycles. The van der Waals surface area contributed by atoms with E-state index < -0.39 is 0 Å². The molecule has 66 valence electrons. The van der Waals surface area contributed by atoms with Gasteiger partial charge in [0.25, 0.3) is 0 Å². The van der Waals surface area contributed by atoms with Gasteiger partial charge in [-0.2, -0.15) is 0 Å². The van der Waals surface area contributed by atoms with Gasteiger partial charge < -0.3 is 0 Å². The van der Waals surface area contributed by atoms with E-state index in [4.69, 9.17) is 0 Å². The lowest BCUT2D eigenvalue weighted by Gasteiger charge is -2.02. The molecule has 0 bridgehead atoms. The van der Waals surface area contributed by atoms with Gasteiger partial charge in [-0.1, -0.05) is 37.3 Å². The van der Waals surface area contributed by atoms with E-state index in [1.165, 1.54) is 37.7 Å². The first-order chi connectivity index (χ1) is 5.18. The van der Waals surface area contributed by atoms with Crippen molar-refractivity contribution in [1.82, 2.24) is 0 Å². The largest absolute Gasteiger partial charge is 0.0775 e. The van der Waals surface area contributed by atoms with Gasteiger partial charge in [-0.3, -0.25) is 0 Å². The van der Waals surface area contributed by atoms with E-state index in [2.05, 4.69) is 27.7 Å². The summed E-state index contributed by atoms with van der Waals surface area (Å²) in [6.07, 6.45) is 6.83. The second-order valence-electron chi connectivity index (χ2n) is 3.59. The second-order valence-corrected chi connectivity index (χ2v) is 3.59. The van der Waals surface area contributed by atoms with E-state index in [0.29, 0.717) is 0 Å². The molecule has 0 spiro atoms. The first kappa shape index (κ1) is 10.7. The van der Waals surface area contributed by atoms with Crippen LogP contribution in [-0.2, 0) is 0 Å². The van der Waals surface area contributed by atoms with Crippen LogP contribution >= 0.6 is 0 Å². The highest BCUT2D eigenvalue weighted by molar-refractivity contribution is 5.06. The van der Waals surface area contributed by atoms with Gasteiger partial charge in [-0.05, 0) is 33.6 Å². The molecule has 0 aromatic carbocycles. The van der Waals surface area contributed by atoms with E-state index in [1.807, 2.05) is 0 Å². The molecule has 0 saturated carbocycles. The topological polar surface area (TPSA) is 0 Å². The zero-order valence-corrected chi connectivity index (χ0v) is 8.54. The van der Waals surface area contributed by atoms with Crippen molar-refractivity contribution in [1.29, 1.82) is 0 Å². The van der Waals surface area contributed by atoms with Crippen molar-refractivity contribution in [3.05, 3.63) is 11.1 Å². The molecule has 0 nitrogen and oxygen atoms in total. The maximum atomic E-state index is 2.26. The molecule has 0 heteroatoms. The Morgan fingerprint density at radius 2 is 1.55 bits per heavy atom. The Morgan fingerprint density at radius 1 is 0.909 bits per heavy atom. The number of unbranched alkanes of at least 4 members (excludes halogenated alkanes) is 3. The lowest BCUT2D eigenvalue weighted by atomic mass is 10.0. The normalized spacial score (nSPS) is 9.82. The molecule has 0 unspecified atom stereocenters. The molecular formula is C11H22. The van der Waals surface area contributed by atoms with Crippen molar-refractivity contribution in [3.63, 3.8) is 0 Å². The van der Waals surface area contributed by atoms with Crippen LogP contribution in [0.15, 0.2) is 11.1 Å². The summed E-state index contributed by atoms with van der Waals surface area (Å²) in [5, 5.41) is 0. The standard InChI is InChI=1S/C11H22/c1-5-6-7-8-9-11(4)10(2)3/h5-9H2,1-4H3. The van der Waals surface area contributed by atoms with Gasteiger partial charge in [-0.25, -0.2) is 0 Å². The first-order valence-corrected chi connectivity index (χ1v) is 4.81. The summed E-state index contributed by atoms with van der Waals surface area (Å²) >= 11 is 0. The van der Waals surface area contributed by atoms with Crippen LogP contribution in [0.1, 0.15) is 59.8 Å². The van der Waals surface area contributed by atoms with Gasteiger partial charge in [0, 0.05) is 0 Å². The molecule has 0 fully saturated rings. The number of hydrogen-bond donors (Lipinski definition) is 0. The Labute approximate surface area is 71.7 Å². The highest BCUT2D eigenvalue weighted by atomic mass is 14.0. The Kier molecular flexibility index (Phi) is 6.30. The second kappa shape index (κ2) is 6.45. The van der Waals surface area contributed by atoms with E-state index in [1.54, 1.807) is 5.57 Å². The Bertz CT molecular complexity index is 116. The molecule has 0 aliphatic heterocycles. The minimum absolute atomic E-state index is 1.31. The molecule has 0 aromatic heterocycles. The summed E-state index contributed by atoms with van der Waals surface area (Å²) < 4.78 is 0. The molecule has 0 amide bonds. The van der Waals surface area contributed by atoms with Crippen LogP contribution in [0.3, 0.4) is 0 Å². The summed E-state index contributed by atoms with van der Waals surface area (Å²) in [6.45, 7) is 8.92. The van der Waals surface area contributed by atoms with Crippen molar-refractivity contribution < 1.29 is 0 Å². The maximum Gasteiger partial charge on any atom is -0.0321 e. The smallest absolute Gasteiger partial charge is 0.0321 e. The fourth-order valence-electron chi connectivity index (χ4n) is 1.07. The van der Waals surface area contributed by atoms with Crippen LogP contribution in [0.25, 0.3) is 0 Å². The summed E-state index contributed by atoms with van der Waals surface area (Å²) in [6, 6.07) is 0. The monoisotopic (exact) mass is 154 g/mol. The average molecular weight is 154 g/mol. The third-order valence-electron chi connectivity index (χ3n) is 2.26. The summed E-state index contributed by atoms with van der Waals surface area (Å²) in [4.78, 5) is 0. The Morgan fingerprint density at radius 3 is 2.00 bits per heavy atom. The Hall–Kier alpha value is -0.260.